The molecule has 0 aromatic carbocycles. The van der Waals surface area contributed by atoms with Crippen LogP contribution in [0.25, 0.3) is 0 Å². The molecule has 3 nitrogen and oxygen atoms in total. The van der Waals surface area contributed by atoms with E-state index < -0.39 is 0 Å². The average Bonchev–Trinajstić information content (AvgIpc) is 2.14. The fraction of sp³-hybridized carbons (Fsp3) is 0.600. The van der Waals surface area contributed by atoms with Crippen LogP contribution in [0.3, 0.4) is 0 Å². The van der Waals surface area contributed by atoms with Gasteiger partial charge in [0.2, 0.25) is 0 Å². The highest BCUT2D eigenvalue weighted by atomic mass is 19.1. The van der Waals surface area contributed by atoms with Gasteiger partial charge in [0, 0.05) is 32.1 Å². The molecule has 4 heteroatoms. The number of nitrogens with two attached hydrogens (primary N) is 1. The standard InChI is InChI=1S/C10H17FN2O/c1-13(5-6-14-2)10-4-3-8(12)7-9(10)11/h7H,3-6,12H2,1-2H3. The van der Waals surface area contributed by atoms with Gasteiger partial charge in [0.25, 0.3) is 0 Å². The lowest BCUT2D eigenvalue weighted by Crippen LogP contribution is -2.24. The topological polar surface area (TPSA) is 38.5 Å². The molecule has 0 amide bonds. The van der Waals surface area contributed by atoms with E-state index in [2.05, 4.69) is 0 Å². The third-order valence-electron chi connectivity index (χ3n) is 2.33. The van der Waals surface area contributed by atoms with Crippen LogP contribution in [-0.2, 0) is 4.74 Å². The number of methoxy groups -OCH3 is 1. The van der Waals surface area contributed by atoms with E-state index in [9.17, 15) is 4.39 Å². The van der Waals surface area contributed by atoms with Crippen LogP contribution in [0, 0.1) is 0 Å². The second-order valence-electron chi connectivity index (χ2n) is 3.43. The van der Waals surface area contributed by atoms with Crippen LogP contribution in [-0.4, -0.2) is 32.2 Å². The highest BCUT2D eigenvalue weighted by Crippen LogP contribution is 2.24. The van der Waals surface area contributed by atoms with Gasteiger partial charge in [-0.2, -0.15) is 0 Å². The molecule has 1 rings (SSSR count). The summed E-state index contributed by atoms with van der Waals surface area (Å²) in [4.78, 5) is 1.88. The second-order valence-corrected chi connectivity index (χ2v) is 3.43. The van der Waals surface area contributed by atoms with Crippen molar-refractivity contribution in [1.82, 2.24) is 4.90 Å². The summed E-state index contributed by atoms with van der Waals surface area (Å²) in [5.41, 5.74) is 6.87. The van der Waals surface area contributed by atoms with Gasteiger partial charge in [-0.05, 0) is 18.9 Å². The Morgan fingerprint density at radius 1 is 1.57 bits per heavy atom. The first-order chi connectivity index (χ1) is 6.65. The highest BCUT2D eigenvalue weighted by Gasteiger charge is 2.14. The number of hydrogen-bond donors (Lipinski definition) is 1. The van der Waals surface area contributed by atoms with Crippen molar-refractivity contribution in [2.45, 2.75) is 12.8 Å². The van der Waals surface area contributed by atoms with Crippen LogP contribution < -0.4 is 5.73 Å². The van der Waals surface area contributed by atoms with Crippen LogP contribution >= 0.6 is 0 Å². The average molecular weight is 200 g/mol. The van der Waals surface area contributed by atoms with Gasteiger partial charge >= 0.3 is 0 Å². The molecule has 0 aromatic rings. The molecule has 0 heterocycles. The molecule has 1 aliphatic carbocycles. The Balaban J connectivity index is 2.62. The number of rotatable bonds is 4. The minimum atomic E-state index is -0.215. The molecule has 1 aliphatic rings. The molecule has 80 valence electrons. The Kier molecular flexibility index (Phi) is 3.95. The van der Waals surface area contributed by atoms with Gasteiger partial charge in [0.1, 0.15) is 5.83 Å². The summed E-state index contributed by atoms with van der Waals surface area (Å²) in [5, 5.41) is 0. The van der Waals surface area contributed by atoms with Crippen molar-refractivity contribution in [3.63, 3.8) is 0 Å². The lowest BCUT2D eigenvalue weighted by molar-refractivity contribution is 0.171. The quantitative estimate of drug-likeness (QED) is 0.745. The van der Waals surface area contributed by atoms with Crippen LogP contribution in [0.4, 0.5) is 4.39 Å². The zero-order valence-corrected chi connectivity index (χ0v) is 8.72. The van der Waals surface area contributed by atoms with Gasteiger partial charge in [-0.25, -0.2) is 4.39 Å². The van der Waals surface area contributed by atoms with Crippen molar-refractivity contribution in [3.05, 3.63) is 23.3 Å². The maximum absolute atomic E-state index is 13.4. The normalized spacial score (nSPS) is 16.9. The smallest absolute Gasteiger partial charge is 0.143 e. The van der Waals surface area contributed by atoms with Gasteiger partial charge in [0.15, 0.2) is 0 Å². The lowest BCUT2D eigenvalue weighted by atomic mass is 10.1. The molecule has 0 saturated heterocycles. The SMILES string of the molecule is COCCN(C)C1=C(F)C=C(N)CC1. The second kappa shape index (κ2) is 5.00. The van der Waals surface area contributed by atoms with E-state index in [0.29, 0.717) is 25.3 Å². The Morgan fingerprint density at radius 2 is 2.29 bits per heavy atom. The summed E-state index contributed by atoms with van der Waals surface area (Å²) < 4.78 is 18.3. The predicted molar refractivity (Wildman–Crippen MR) is 54.1 cm³/mol. The Bertz CT molecular complexity index is 261. The third-order valence-corrected chi connectivity index (χ3v) is 2.33. The molecule has 0 aromatic heterocycles. The van der Waals surface area contributed by atoms with Crippen LogP contribution in [0.1, 0.15) is 12.8 Å². The monoisotopic (exact) mass is 200 g/mol. The molecule has 0 unspecified atom stereocenters. The van der Waals surface area contributed by atoms with Gasteiger partial charge in [0.05, 0.1) is 6.61 Å². The number of halogens is 1. The van der Waals surface area contributed by atoms with E-state index >= 15 is 0 Å². The molecule has 0 saturated carbocycles. The molecule has 0 fully saturated rings. The lowest BCUT2D eigenvalue weighted by Gasteiger charge is -2.24. The number of nitrogens with zero attached hydrogens (tertiary/aromatic N) is 1. The van der Waals surface area contributed by atoms with E-state index in [1.165, 1.54) is 6.08 Å². The zero-order valence-electron chi connectivity index (χ0n) is 8.72. The Labute approximate surface area is 84.0 Å². The number of likely N-dealkylation sites (N-methyl/N-ethyl adjacent to an activating group) is 1. The van der Waals surface area contributed by atoms with Crippen LogP contribution in [0.5, 0.6) is 0 Å². The van der Waals surface area contributed by atoms with Crippen molar-refractivity contribution in [2.24, 2.45) is 5.73 Å². The largest absolute Gasteiger partial charge is 0.402 e. The first-order valence-corrected chi connectivity index (χ1v) is 4.70. The van der Waals surface area contributed by atoms with Gasteiger partial charge < -0.3 is 15.4 Å². The summed E-state index contributed by atoms with van der Waals surface area (Å²) in [5.74, 6) is -0.215. The van der Waals surface area contributed by atoms with Crippen molar-refractivity contribution in [1.29, 1.82) is 0 Å². The molecule has 0 bridgehead atoms. The molecule has 0 spiro atoms. The van der Waals surface area contributed by atoms with Crippen molar-refractivity contribution in [2.75, 3.05) is 27.3 Å². The van der Waals surface area contributed by atoms with Crippen LogP contribution in [0.2, 0.25) is 0 Å². The van der Waals surface area contributed by atoms with Crippen molar-refractivity contribution >= 4 is 0 Å². The van der Waals surface area contributed by atoms with Crippen molar-refractivity contribution < 1.29 is 9.13 Å². The van der Waals surface area contributed by atoms with Crippen molar-refractivity contribution in [3.8, 4) is 0 Å². The number of ether oxygens (including phenoxy) is 1. The van der Waals surface area contributed by atoms with Crippen LogP contribution in [0.15, 0.2) is 23.3 Å². The Hall–Kier alpha value is -1.03. The van der Waals surface area contributed by atoms with E-state index in [1.807, 2.05) is 11.9 Å². The predicted octanol–water partition coefficient (Wildman–Crippen LogP) is 1.38. The van der Waals surface area contributed by atoms with Gasteiger partial charge in [-0.3, -0.25) is 0 Å². The summed E-state index contributed by atoms with van der Waals surface area (Å²) in [6, 6.07) is 0. The minimum Gasteiger partial charge on any atom is -0.402 e. The highest BCUT2D eigenvalue weighted by molar-refractivity contribution is 5.26. The summed E-state index contributed by atoms with van der Waals surface area (Å²) in [6.45, 7) is 1.31. The number of hydrogen-bond acceptors (Lipinski definition) is 3. The molecular weight excluding hydrogens is 183 g/mol. The molecule has 2 N–H and O–H groups in total. The molecule has 0 aliphatic heterocycles. The van der Waals surface area contributed by atoms with E-state index in [4.69, 9.17) is 10.5 Å². The summed E-state index contributed by atoms with van der Waals surface area (Å²) in [6.07, 6.45) is 2.82. The fourth-order valence-electron chi connectivity index (χ4n) is 1.44. The molecule has 0 radical (unpaired) electrons. The maximum Gasteiger partial charge on any atom is 0.143 e. The van der Waals surface area contributed by atoms with E-state index in [-0.39, 0.29) is 5.83 Å². The minimum absolute atomic E-state index is 0.215. The molecule has 0 atom stereocenters. The fourth-order valence-corrected chi connectivity index (χ4v) is 1.44. The first kappa shape index (κ1) is 11.0. The van der Waals surface area contributed by atoms with E-state index in [0.717, 1.165) is 12.1 Å². The summed E-state index contributed by atoms with van der Waals surface area (Å²) in [7, 11) is 3.50. The maximum atomic E-state index is 13.4. The van der Waals surface area contributed by atoms with E-state index in [1.54, 1.807) is 7.11 Å². The first-order valence-electron chi connectivity index (χ1n) is 4.70. The van der Waals surface area contributed by atoms with Gasteiger partial charge in [-0.1, -0.05) is 0 Å². The third kappa shape index (κ3) is 2.73. The molecular formula is C10H17FN2O. The zero-order chi connectivity index (χ0) is 10.6. The molecule has 14 heavy (non-hydrogen) atoms. The Morgan fingerprint density at radius 3 is 2.86 bits per heavy atom. The summed E-state index contributed by atoms with van der Waals surface area (Å²) >= 11 is 0. The number of allylic oxidation sites excluding steroid dienone is 4. The van der Waals surface area contributed by atoms with Gasteiger partial charge in [-0.15, -0.1) is 0 Å².